The highest BCUT2D eigenvalue weighted by Gasteiger charge is 2.28. The molecule has 0 radical (unpaired) electrons. The van der Waals surface area contributed by atoms with Crippen molar-refractivity contribution in [3.05, 3.63) is 71.8 Å². The van der Waals surface area contributed by atoms with Gasteiger partial charge in [-0.05, 0) is 11.1 Å². The van der Waals surface area contributed by atoms with Crippen molar-refractivity contribution in [2.75, 3.05) is 26.3 Å². The summed E-state index contributed by atoms with van der Waals surface area (Å²) in [4.78, 5) is 26.9. The van der Waals surface area contributed by atoms with Crippen molar-refractivity contribution in [1.29, 1.82) is 0 Å². The van der Waals surface area contributed by atoms with Gasteiger partial charge >= 0.3 is 6.09 Å². The minimum Gasteiger partial charge on any atom is -0.445 e. The zero-order valence-corrected chi connectivity index (χ0v) is 15.2. The molecule has 2 amide bonds. The van der Waals surface area contributed by atoms with Crippen LogP contribution in [0.25, 0.3) is 0 Å². The number of carbonyl (C=O) groups is 2. The molecule has 0 bridgehead atoms. The van der Waals surface area contributed by atoms with Gasteiger partial charge in [0, 0.05) is 19.5 Å². The van der Waals surface area contributed by atoms with Gasteiger partial charge in [0.05, 0.1) is 13.2 Å². The van der Waals surface area contributed by atoms with Crippen LogP contribution in [0.15, 0.2) is 60.7 Å². The van der Waals surface area contributed by atoms with Crippen molar-refractivity contribution in [3.63, 3.8) is 0 Å². The SMILES string of the molecule is O=C(NC(Cc1ccccc1)C(=O)N1CCOCC1)OCc1ccccc1. The Morgan fingerprint density at radius 2 is 1.56 bits per heavy atom. The Morgan fingerprint density at radius 1 is 0.963 bits per heavy atom. The van der Waals surface area contributed by atoms with E-state index in [1.807, 2.05) is 60.7 Å². The van der Waals surface area contributed by atoms with Crippen LogP contribution >= 0.6 is 0 Å². The summed E-state index contributed by atoms with van der Waals surface area (Å²) in [5, 5.41) is 2.74. The molecule has 3 rings (SSSR count). The second-order valence-corrected chi connectivity index (χ2v) is 6.39. The van der Waals surface area contributed by atoms with E-state index in [2.05, 4.69) is 5.32 Å². The van der Waals surface area contributed by atoms with Crippen molar-refractivity contribution in [3.8, 4) is 0 Å². The van der Waals surface area contributed by atoms with Crippen molar-refractivity contribution < 1.29 is 19.1 Å². The molecule has 1 aliphatic rings. The fraction of sp³-hybridized carbons (Fsp3) is 0.333. The third-order valence-electron chi connectivity index (χ3n) is 4.41. The average Bonchev–Trinajstić information content (AvgIpc) is 2.73. The third kappa shape index (κ3) is 5.82. The number of carbonyl (C=O) groups excluding carboxylic acids is 2. The largest absolute Gasteiger partial charge is 0.445 e. The monoisotopic (exact) mass is 368 g/mol. The molecule has 1 atom stereocenters. The van der Waals surface area contributed by atoms with Gasteiger partial charge in [-0.15, -0.1) is 0 Å². The summed E-state index contributed by atoms with van der Waals surface area (Å²) in [5.41, 5.74) is 1.87. The van der Waals surface area contributed by atoms with E-state index in [1.54, 1.807) is 4.90 Å². The number of ether oxygens (including phenoxy) is 2. The van der Waals surface area contributed by atoms with Crippen molar-refractivity contribution >= 4 is 12.0 Å². The Bertz CT molecular complexity index is 730. The smallest absolute Gasteiger partial charge is 0.408 e. The molecule has 1 unspecified atom stereocenters. The quantitative estimate of drug-likeness (QED) is 0.850. The lowest BCUT2D eigenvalue weighted by molar-refractivity contribution is -0.137. The number of benzene rings is 2. The first-order valence-corrected chi connectivity index (χ1v) is 9.10. The summed E-state index contributed by atoms with van der Waals surface area (Å²) >= 11 is 0. The molecule has 1 fully saturated rings. The number of nitrogens with one attached hydrogen (secondary N) is 1. The molecule has 1 N–H and O–H groups in total. The Morgan fingerprint density at radius 3 is 2.19 bits per heavy atom. The van der Waals surface area contributed by atoms with E-state index < -0.39 is 12.1 Å². The highest BCUT2D eigenvalue weighted by Crippen LogP contribution is 2.09. The molecule has 1 aliphatic heterocycles. The van der Waals surface area contributed by atoms with E-state index in [0.29, 0.717) is 32.7 Å². The molecular weight excluding hydrogens is 344 g/mol. The molecule has 6 heteroatoms. The number of hydrogen-bond donors (Lipinski definition) is 1. The molecule has 0 aliphatic carbocycles. The predicted octanol–water partition coefficient (Wildman–Crippen LogP) is 2.38. The summed E-state index contributed by atoms with van der Waals surface area (Å²) in [5.74, 6) is -0.112. The van der Waals surface area contributed by atoms with E-state index in [9.17, 15) is 9.59 Å². The summed E-state index contributed by atoms with van der Waals surface area (Å²) in [6, 6.07) is 18.4. The van der Waals surface area contributed by atoms with E-state index in [1.165, 1.54) is 0 Å². The number of alkyl carbamates (subject to hydrolysis) is 1. The summed E-state index contributed by atoms with van der Waals surface area (Å²) in [6.07, 6.45) is -0.182. The average molecular weight is 368 g/mol. The van der Waals surface area contributed by atoms with Crippen LogP contribution in [-0.2, 0) is 27.3 Å². The summed E-state index contributed by atoms with van der Waals surface area (Å²) in [7, 11) is 0. The van der Waals surface area contributed by atoms with Gasteiger partial charge in [-0.1, -0.05) is 60.7 Å². The fourth-order valence-electron chi connectivity index (χ4n) is 2.96. The molecule has 1 heterocycles. The Balaban J connectivity index is 1.63. The Hall–Kier alpha value is -2.86. The van der Waals surface area contributed by atoms with E-state index in [-0.39, 0.29) is 12.5 Å². The van der Waals surface area contributed by atoms with Crippen LogP contribution in [0.3, 0.4) is 0 Å². The maximum atomic E-state index is 12.9. The minimum atomic E-state index is -0.672. The predicted molar refractivity (Wildman–Crippen MR) is 101 cm³/mol. The number of hydrogen-bond acceptors (Lipinski definition) is 4. The maximum Gasteiger partial charge on any atom is 0.408 e. The molecule has 27 heavy (non-hydrogen) atoms. The van der Waals surface area contributed by atoms with E-state index in [4.69, 9.17) is 9.47 Å². The minimum absolute atomic E-state index is 0.112. The van der Waals surface area contributed by atoms with Crippen LogP contribution < -0.4 is 5.32 Å². The highest BCUT2D eigenvalue weighted by molar-refractivity contribution is 5.86. The molecular formula is C21H24N2O4. The van der Waals surface area contributed by atoms with Gasteiger partial charge in [-0.3, -0.25) is 4.79 Å². The lowest BCUT2D eigenvalue weighted by Gasteiger charge is -2.30. The van der Waals surface area contributed by atoms with Crippen molar-refractivity contribution in [1.82, 2.24) is 10.2 Å². The molecule has 0 aromatic heterocycles. The van der Waals surface area contributed by atoms with Crippen LogP contribution in [0, 0.1) is 0 Å². The van der Waals surface area contributed by atoms with Crippen LogP contribution in [-0.4, -0.2) is 49.2 Å². The Labute approximate surface area is 159 Å². The molecule has 2 aromatic rings. The zero-order valence-electron chi connectivity index (χ0n) is 15.2. The first-order valence-electron chi connectivity index (χ1n) is 9.10. The first-order chi connectivity index (χ1) is 13.2. The van der Waals surface area contributed by atoms with Gasteiger partial charge in [0.1, 0.15) is 12.6 Å². The molecule has 1 saturated heterocycles. The molecule has 6 nitrogen and oxygen atoms in total. The number of amides is 2. The zero-order chi connectivity index (χ0) is 18.9. The van der Waals surface area contributed by atoms with Gasteiger partial charge in [-0.2, -0.15) is 0 Å². The topological polar surface area (TPSA) is 67.9 Å². The second kappa shape index (κ2) is 9.73. The van der Waals surface area contributed by atoms with Gasteiger partial charge in [0.15, 0.2) is 0 Å². The first kappa shape index (κ1) is 18.9. The van der Waals surface area contributed by atoms with E-state index in [0.717, 1.165) is 11.1 Å². The fourth-order valence-corrected chi connectivity index (χ4v) is 2.96. The molecule has 142 valence electrons. The third-order valence-corrected chi connectivity index (χ3v) is 4.41. The summed E-state index contributed by atoms with van der Waals surface area (Å²) < 4.78 is 10.6. The highest BCUT2D eigenvalue weighted by atomic mass is 16.5. The van der Waals surface area contributed by atoms with Crippen LogP contribution in [0.4, 0.5) is 4.79 Å². The Kier molecular flexibility index (Phi) is 6.82. The lowest BCUT2D eigenvalue weighted by atomic mass is 10.0. The van der Waals surface area contributed by atoms with Crippen LogP contribution in [0.1, 0.15) is 11.1 Å². The van der Waals surface area contributed by atoms with Crippen molar-refractivity contribution in [2.45, 2.75) is 19.1 Å². The number of nitrogens with zero attached hydrogens (tertiary/aromatic N) is 1. The standard InChI is InChI=1S/C21H24N2O4/c24-20(23-11-13-26-14-12-23)19(15-17-7-3-1-4-8-17)22-21(25)27-16-18-9-5-2-6-10-18/h1-10,19H,11-16H2,(H,22,25). The van der Waals surface area contributed by atoms with Gasteiger partial charge < -0.3 is 19.7 Å². The van der Waals surface area contributed by atoms with Crippen LogP contribution in [0.2, 0.25) is 0 Å². The van der Waals surface area contributed by atoms with Gasteiger partial charge in [0.2, 0.25) is 5.91 Å². The summed E-state index contributed by atoms with van der Waals surface area (Å²) in [6.45, 7) is 2.26. The van der Waals surface area contributed by atoms with E-state index >= 15 is 0 Å². The lowest BCUT2D eigenvalue weighted by Crippen LogP contribution is -2.52. The van der Waals surface area contributed by atoms with Crippen molar-refractivity contribution in [2.24, 2.45) is 0 Å². The van der Waals surface area contributed by atoms with Crippen LogP contribution in [0.5, 0.6) is 0 Å². The molecule has 0 spiro atoms. The van der Waals surface area contributed by atoms with Gasteiger partial charge in [0.25, 0.3) is 0 Å². The number of rotatable bonds is 6. The van der Waals surface area contributed by atoms with Gasteiger partial charge in [-0.25, -0.2) is 4.79 Å². The molecule has 0 saturated carbocycles. The number of morpholine rings is 1. The second-order valence-electron chi connectivity index (χ2n) is 6.39. The maximum absolute atomic E-state index is 12.9. The normalized spacial score (nSPS) is 15.0. The molecule has 2 aromatic carbocycles.